The molecule has 0 bridgehead atoms. The van der Waals surface area contributed by atoms with Gasteiger partial charge in [0.2, 0.25) is 0 Å². The van der Waals surface area contributed by atoms with Crippen LogP contribution >= 0.6 is 0 Å². The summed E-state index contributed by atoms with van der Waals surface area (Å²) in [6.07, 6.45) is 5.47. The maximum Gasteiger partial charge on any atom is 0.0771 e. The van der Waals surface area contributed by atoms with Gasteiger partial charge in [0.05, 0.1) is 11.7 Å². The highest BCUT2D eigenvalue weighted by molar-refractivity contribution is 5.11. The summed E-state index contributed by atoms with van der Waals surface area (Å²) in [5.41, 5.74) is -0.315. The quantitative estimate of drug-likeness (QED) is 0.746. The molecule has 1 aliphatic carbocycles. The largest absolute Gasteiger partial charge is 0.389 e. The van der Waals surface area contributed by atoms with Gasteiger partial charge in [-0.25, -0.2) is 0 Å². The molecule has 1 aliphatic heterocycles. The van der Waals surface area contributed by atoms with Crippen molar-refractivity contribution in [2.75, 3.05) is 13.2 Å². The summed E-state index contributed by atoms with van der Waals surface area (Å²) in [4.78, 5) is 0. The molecule has 19 heavy (non-hydrogen) atoms. The van der Waals surface area contributed by atoms with Gasteiger partial charge in [0.25, 0.3) is 0 Å². The second-order valence-electron chi connectivity index (χ2n) is 7.15. The Labute approximate surface area is 118 Å². The van der Waals surface area contributed by atoms with Gasteiger partial charge in [0, 0.05) is 30.5 Å². The first kappa shape index (κ1) is 15.3. The van der Waals surface area contributed by atoms with Gasteiger partial charge in [-0.3, -0.25) is 0 Å². The van der Waals surface area contributed by atoms with Crippen LogP contribution in [0.2, 0.25) is 0 Å². The molecule has 0 radical (unpaired) electrons. The van der Waals surface area contributed by atoms with Crippen LogP contribution in [0.1, 0.15) is 59.8 Å². The highest BCUT2D eigenvalue weighted by atomic mass is 16.5. The fourth-order valence-electron chi connectivity index (χ4n) is 4.27. The second-order valence-corrected chi connectivity index (χ2v) is 7.15. The normalized spacial score (nSPS) is 33.0. The molecule has 3 atom stereocenters. The highest BCUT2D eigenvalue weighted by Gasteiger charge is 2.59. The van der Waals surface area contributed by atoms with Gasteiger partial charge in [0.1, 0.15) is 0 Å². The first-order valence-electron chi connectivity index (χ1n) is 8.02. The minimum atomic E-state index is -0.524. The Morgan fingerprint density at radius 1 is 1.26 bits per heavy atom. The molecule has 0 aromatic heterocycles. The SMILES string of the molecule is CCCC(O)(CCC)CNC1C2CCOC2C1(C)C. The highest BCUT2D eigenvalue weighted by Crippen LogP contribution is 2.52. The van der Waals surface area contributed by atoms with Gasteiger partial charge < -0.3 is 15.2 Å². The van der Waals surface area contributed by atoms with E-state index in [9.17, 15) is 5.11 Å². The van der Waals surface area contributed by atoms with E-state index in [0.29, 0.717) is 18.1 Å². The standard InChI is InChI=1S/C16H31NO2/c1-5-8-16(18,9-6-2)11-17-13-12-7-10-19-14(12)15(13,3)4/h12-14,17-18H,5-11H2,1-4H3. The van der Waals surface area contributed by atoms with E-state index >= 15 is 0 Å². The number of hydrogen-bond donors (Lipinski definition) is 2. The van der Waals surface area contributed by atoms with Crippen molar-refractivity contribution in [3.63, 3.8) is 0 Å². The summed E-state index contributed by atoms with van der Waals surface area (Å²) in [5.74, 6) is 0.655. The van der Waals surface area contributed by atoms with E-state index in [1.807, 2.05) is 0 Å². The molecule has 112 valence electrons. The van der Waals surface area contributed by atoms with Crippen molar-refractivity contribution in [2.24, 2.45) is 11.3 Å². The predicted octanol–water partition coefficient (Wildman–Crippen LogP) is 2.72. The molecule has 1 saturated heterocycles. The third-order valence-electron chi connectivity index (χ3n) is 5.18. The molecule has 0 aromatic rings. The van der Waals surface area contributed by atoms with Gasteiger partial charge in [-0.05, 0) is 19.3 Å². The Balaban J connectivity index is 1.90. The van der Waals surface area contributed by atoms with Gasteiger partial charge >= 0.3 is 0 Å². The zero-order valence-corrected chi connectivity index (χ0v) is 13.0. The molecule has 1 heterocycles. The minimum Gasteiger partial charge on any atom is -0.389 e. The van der Waals surface area contributed by atoms with Crippen molar-refractivity contribution in [2.45, 2.75) is 77.5 Å². The summed E-state index contributed by atoms with van der Waals surface area (Å²) < 4.78 is 5.82. The summed E-state index contributed by atoms with van der Waals surface area (Å²) in [5, 5.41) is 14.4. The summed E-state index contributed by atoms with van der Waals surface area (Å²) >= 11 is 0. The number of hydrogen-bond acceptors (Lipinski definition) is 3. The zero-order valence-electron chi connectivity index (χ0n) is 13.0. The predicted molar refractivity (Wildman–Crippen MR) is 78.2 cm³/mol. The number of ether oxygens (including phenoxy) is 1. The molecule has 3 nitrogen and oxygen atoms in total. The van der Waals surface area contributed by atoms with Crippen LogP contribution in [0.15, 0.2) is 0 Å². The Morgan fingerprint density at radius 2 is 1.89 bits per heavy atom. The molecule has 2 rings (SSSR count). The van der Waals surface area contributed by atoms with Crippen molar-refractivity contribution < 1.29 is 9.84 Å². The second kappa shape index (κ2) is 5.71. The van der Waals surface area contributed by atoms with E-state index in [1.165, 1.54) is 6.42 Å². The lowest BCUT2D eigenvalue weighted by Crippen LogP contribution is -2.67. The minimum absolute atomic E-state index is 0.209. The Hall–Kier alpha value is -0.120. The lowest BCUT2D eigenvalue weighted by Gasteiger charge is -2.55. The zero-order chi connectivity index (χ0) is 14.1. The van der Waals surface area contributed by atoms with Crippen LogP contribution in [0.25, 0.3) is 0 Å². The van der Waals surface area contributed by atoms with Gasteiger partial charge in [0.15, 0.2) is 0 Å². The van der Waals surface area contributed by atoms with Crippen LogP contribution in [0.3, 0.4) is 0 Å². The maximum atomic E-state index is 10.7. The van der Waals surface area contributed by atoms with Gasteiger partial charge in [-0.2, -0.15) is 0 Å². The smallest absolute Gasteiger partial charge is 0.0771 e. The lowest BCUT2D eigenvalue weighted by molar-refractivity contribution is -0.118. The Morgan fingerprint density at radius 3 is 2.47 bits per heavy atom. The molecule has 1 saturated carbocycles. The first-order valence-corrected chi connectivity index (χ1v) is 8.02. The summed E-state index contributed by atoms with van der Waals surface area (Å²) in [6.45, 7) is 10.5. The van der Waals surface area contributed by atoms with Gasteiger partial charge in [-0.15, -0.1) is 0 Å². The van der Waals surface area contributed by atoms with Crippen LogP contribution < -0.4 is 5.32 Å². The van der Waals surface area contributed by atoms with Crippen molar-refractivity contribution >= 4 is 0 Å². The van der Waals surface area contributed by atoms with Crippen molar-refractivity contribution in [3.8, 4) is 0 Å². The number of aliphatic hydroxyl groups is 1. The van der Waals surface area contributed by atoms with Crippen LogP contribution in [0.5, 0.6) is 0 Å². The van der Waals surface area contributed by atoms with E-state index in [-0.39, 0.29) is 5.41 Å². The molecular formula is C16H31NO2. The van der Waals surface area contributed by atoms with E-state index in [4.69, 9.17) is 4.74 Å². The molecule has 0 amide bonds. The Kier molecular flexibility index (Phi) is 4.59. The Bertz CT molecular complexity index is 297. The van der Waals surface area contributed by atoms with E-state index in [2.05, 4.69) is 33.0 Å². The maximum absolute atomic E-state index is 10.7. The fraction of sp³-hybridized carbons (Fsp3) is 1.00. The number of rotatable bonds is 7. The van der Waals surface area contributed by atoms with Crippen molar-refractivity contribution in [1.29, 1.82) is 0 Å². The van der Waals surface area contributed by atoms with E-state index < -0.39 is 5.60 Å². The average molecular weight is 269 g/mol. The molecule has 2 N–H and O–H groups in total. The number of fused-ring (bicyclic) bond motifs is 1. The number of nitrogens with one attached hydrogen (secondary N) is 1. The van der Waals surface area contributed by atoms with Crippen LogP contribution in [0.4, 0.5) is 0 Å². The third-order valence-corrected chi connectivity index (χ3v) is 5.18. The fourth-order valence-corrected chi connectivity index (χ4v) is 4.27. The van der Waals surface area contributed by atoms with Crippen LogP contribution in [-0.4, -0.2) is 36.0 Å². The molecule has 0 aromatic carbocycles. The molecule has 0 spiro atoms. The molecule has 3 unspecified atom stereocenters. The third kappa shape index (κ3) is 2.84. The molecule has 2 fully saturated rings. The topological polar surface area (TPSA) is 41.5 Å². The lowest BCUT2D eigenvalue weighted by atomic mass is 9.57. The summed E-state index contributed by atoms with van der Waals surface area (Å²) in [7, 11) is 0. The van der Waals surface area contributed by atoms with Crippen LogP contribution in [-0.2, 0) is 4.74 Å². The van der Waals surface area contributed by atoms with Crippen molar-refractivity contribution in [1.82, 2.24) is 5.32 Å². The summed E-state index contributed by atoms with van der Waals surface area (Å²) in [6, 6.07) is 0.500. The van der Waals surface area contributed by atoms with Gasteiger partial charge in [-0.1, -0.05) is 40.5 Å². The first-order chi connectivity index (χ1) is 8.94. The van der Waals surface area contributed by atoms with Crippen molar-refractivity contribution in [3.05, 3.63) is 0 Å². The average Bonchev–Trinajstić information content (AvgIpc) is 2.76. The molecule has 2 aliphatic rings. The van der Waals surface area contributed by atoms with E-state index in [1.54, 1.807) is 0 Å². The monoisotopic (exact) mass is 269 g/mol. The van der Waals surface area contributed by atoms with E-state index in [0.717, 1.165) is 38.8 Å². The molecular weight excluding hydrogens is 238 g/mol. The van der Waals surface area contributed by atoms with Crippen LogP contribution in [0, 0.1) is 11.3 Å². The molecule has 3 heteroatoms.